The minimum absolute atomic E-state index is 0.0248. The summed E-state index contributed by atoms with van der Waals surface area (Å²) in [5, 5.41) is 0. The summed E-state index contributed by atoms with van der Waals surface area (Å²) in [5.74, 6) is -0.745. The van der Waals surface area contributed by atoms with Gasteiger partial charge in [-0.2, -0.15) is 8.42 Å². The predicted octanol–water partition coefficient (Wildman–Crippen LogP) is 0.655. The largest absolute Gasteiger partial charge is 0.302 e. The highest BCUT2D eigenvalue weighted by atomic mass is 32.3. The molecule has 1 aliphatic carbocycles. The molecule has 0 aromatic heterocycles. The van der Waals surface area contributed by atoms with E-state index in [0.717, 1.165) is 12.8 Å². The molecule has 5 heteroatoms. The van der Waals surface area contributed by atoms with E-state index < -0.39 is 16.0 Å². The molecular weight excluding hydrogens is 171 g/mol. The van der Waals surface area contributed by atoms with Gasteiger partial charge in [0.25, 0.3) is 0 Å². The molecule has 1 fully saturated rings. The lowest BCUT2D eigenvalue weighted by Gasteiger charge is -1.93. The van der Waals surface area contributed by atoms with Crippen LogP contribution in [0.1, 0.15) is 19.3 Å². The van der Waals surface area contributed by atoms with Gasteiger partial charge >= 0.3 is 10.2 Å². The zero-order valence-corrected chi connectivity index (χ0v) is 6.73. The van der Waals surface area contributed by atoms with Crippen molar-refractivity contribution in [3.8, 4) is 0 Å². The van der Waals surface area contributed by atoms with E-state index in [1.54, 1.807) is 0 Å². The maximum atomic E-state index is 11.9. The van der Waals surface area contributed by atoms with Crippen molar-refractivity contribution < 1.29 is 17.1 Å². The molecule has 1 saturated carbocycles. The van der Waals surface area contributed by atoms with Crippen molar-refractivity contribution in [2.45, 2.75) is 19.3 Å². The van der Waals surface area contributed by atoms with Crippen molar-refractivity contribution >= 4 is 16.0 Å². The SMILES string of the molecule is O=C(CCS(=O)(=O)F)C1CC1. The van der Waals surface area contributed by atoms with Crippen LogP contribution >= 0.6 is 0 Å². The summed E-state index contributed by atoms with van der Waals surface area (Å²) < 4.78 is 31.8. The number of carbonyl (C=O) groups is 1. The van der Waals surface area contributed by atoms with Gasteiger partial charge in [0.15, 0.2) is 0 Å². The van der Waals surface area contributed by atoms with Crippen molar-refractivity contribution in [1.29, 1.82) is 0 Å². The molecular formula is C6H9FO3S. The van der Waals surface area contributed by atoms with Gasteiger partial charge in [-0.25, -0.2) is 0 Å². The monoisotopic (exact) mass is 180 g/mol. The van der Waals surface area contributed by atoms with Crippen LogP contribution in [0.5, 0.6) is 0 Å². The predicted molar refractivity (Wildman–Crippen MR) is 37.2 cm³/mol. The zero-order valence-electron chi connectivity index (χ0n) is 5.92. The molecule has 0 atom stereocenters. The molecule has 1 aliphatic rings. The minimum atomic E-state index is -4.45. The highest BCUT2D eigenvalue weighted by Gasteiger charge is 2.29. The Hall–Kier alpha value is -0.450. The Morgan fingerprint density at radius 2 is 2.00 bits per heavy atom. The van der Waals surface area contributed by atoms with E-state index in [1.807, 2.05) is 0 Å². The molecule has 0 saturated heterocycles. The molecule has 0 aromatic carbocycles. The second kappa shape index (κ2) is 2.89. The lowest BCUT2D eigenvalue weighted by atomic mass is 10.2. The molecule has 3 nitrogen and oxygen atoms in total. The topological polar surface area (TPSA) is 51.2 Å². The van der Waals surface area contributed by atoms with Crippen molar-refractivity contribution in [3.63, 3.8) is 0 Å². The number of halogens is 1. The highest BCUT2D eigenvalue weighted by Crippen LogP contribution is 2.30. The number of hydrogen-bond donors (Lipinski definition) is 0. The van der Waals surface area contributed by atoms with Crippen molar-refractivity contribution in [2.75, 3.05) is 5.75 Å². The number of hydrogen-bond acceptors (Lipinski definition) is 3. The van der Waals surface area contributed by atoms with Crippen LogP contribution in [0.3, 0.4) is 0 Å². The van der Waals surface area contributed by atoms with Gasteiger partial charge in [-0.3, -0.25) is 4.79 Å². The van der Waals surface area contributed by atoms with E-state index in [2.05, 4.69) is 0 Å². The summed E-state index contributed by atoms with van der Waals surface area (Å²) in [4.78, 5) is 10.8. The number of carbonyl (C=O) groups excluding carboxylic acids is 1. The van der Waals surface area contributed by atoms with E-state index in [4.69, 9.17) is 0 Å². The van der Waals surface area contributed by atoms with Gasteiger partial charge in [-0.05, 0) is 12.8 Å². The average Bonchev–Trinajstić information content (AvgIpc) is 2.61. The molecule has 0 aromatic rings. The first-order valence-corrected chi connectivity index (χ1v) is 4.99. The van der Waals surface area contributed by atoms with Gasteiger partial charge in [0, 0.05) is 12.3 Å². The fourth-order valence-electron chi connectivity index (χ4n) is 0.832. The molecule has 0 aliphatic heterocycles. The molecule has 0 unspecified atom stereocenters. The first kappa shape index (κ1) is 8.64. The fraction of sp³-hybridized carbons (Fsp3) is 0.833. The summed E-state index contributed by atoms with van der Waals surface area (Å²) in [7, 11) is -4.45. The maximum absolute atomic E-state index is 11.9. The molecule has 0 amide bonds. The minimum Gasteiger partial charge on any atom is -0.299 e. The van der Waals surface area contributed by atoms with E-state index in [0.29, 0.717) is 0 Å². The van der Waals surface area contributed by atoms with Gasteiger partial charge in [0.05, 0.1) is 5.75 Å². The Balaban J connectivity index is 2.26. The third-order valence-electron chi connectivity index (χ3n) is 1.62. The lowest BCUT2D eigenvalue weighted by Crippen LogP contribution is -2.07. The van der Waals surface area contributed by atoms with Crippen LogP contribution < -0.4 is 0 Å². The molecule has 11 heavy (non-hydrogen) atoms. The van der Waals surface area contributed by atoms with Gasteiger partial charge in [0.2, 0.25) is 0 Å². The summed E-state index contributed by atoms with van der Waals surface area (Å²) in [6, 6.07) is 0. The summed E-state index contributed by atoms with van der Waals surface area (Å²) in [6.45, 7) is 0. The van der Waals surface area contributed by atoms with Crippen LogP contribution in [0.2, 0.25) is 0 Å². The Morgan fingerprint density at radius 3 is 2.36 bits per heavy atom. The Morgan fingerprint density at radius 1 is 1.45 bits per heavy atom. The number of ketones is 1. The molecule has 64 valence electrons. The van der Waals surface area contributed by atoms with E-state index in [9.17, 15) is 17.1 Å². The smallest absolute Gasteiger partial charge is 0.299 e. The van der Waals surface area contributed by atoms with Crippen LogP contribution in [0.15, 0.2) is 0 Å². The summed E-state index contributed by atoms with van der Waals surface area (Å²) >= 11 is 0. The number of Topliss-reactive ketones (excluding diaryl/α,β-unsaturated/α-hetero) is 1. The summed E-state index contributed by atoms with van der Waals surface area (Å²) in [5.41, 5.74) is 0. The number of rotatable bonds is 4. The van der Waals surface area contributed by atoms with Crippen molar-refractivity contribution in [1.82, 2.24) is 0 Å². The highest BCUT2D eigenvalue weighted by molar-refractivity contribution is 7.86. The quantitative estimate of drug-likeness (QED) is 0.597. The second-order valence-corrected chi connectivity index (χ2v) is 4.22. The van der Waals surface area contributed by atoms with Crippen molar-refractivity contribution in [2.24, 2.45) is 5.92 Å². The standard InChI is InChI=1S/C6H9FO3S/c7-11(9,10)4-3-6(8)5-1-2-5/h5H,1-4H2. The Bertz CT molecular complexity index is 253. The van der Waals surface area contributed by atoms with E-state index >= 15 is 0 Å². The van der Waals surface area contributed by atoms with Crippen LogP contribution in [0.4, 0.5) is 3.89 Å². The van der Waals surface area contributed by atoms with Crippen molar-refractivity contribution in [3.05, 3.63) is 0 Å². The summed E-state index contributed by atoms with van der Waals surface area (Å²) in [6.07, 6.45) is 1.51. The van der Waals surface area contributed by atoms with Gasteiger partial charge in [-0.15, -0.1) is 3.89 Å². The second-order valence-electron chi connectivity index (χ2n) is 2.73. The molecule has 0 bridgehead atoms. The maximum Gasteiger partial charge on any atom is 0.302 e. The van der Waals surface area contributed by atoms with E-state index in [1.165, 1.54) is 0 Å². The third kappa shape index (κ3) is 3.46. The first-order valence-electron chi connectivity index (χ1n) is 3.44. The molecule has 0 heterocycles. The third-order valence-corrected chi connectivity index (χ3v) is 2.32. The Labute approximate surface area is 64.8 Å². The lowest BCUT2D eigenvalue weighted by molar-refractivity contribution is -0.119. The van der Waals surface area contributed by atoms with Crippen LogP contribution in [-0.2, 0) is 15.0 Å². The molecule has 0 spiro atoms. The average molecular weight is 180 g/mol. The molecule has 0 radical (unpaired) electrons. The fourth-order valence-corrected chi connectivity index (χ4v) is 1.28. The van der Waals surface area contributed by atoms with Crippen LogP contribution in [0, 0.1) is 5.92 Å². The molecule has 0 N–H and O–H groups in total. The van der Waals surface area contributed by atoms with Crippen LogP contribution in [-0.4, -0.2) is 20.0 Å². The van der Waals surface area contributed by atoms with Gasteiger partial charge < -0.3 is 0 Å². The zero-order chi connectivity index (χ0) is 8.48. The molecule has 1 rings (SSSR count). The first-order chi connectivity index (χ1) is 4.99. The Kier molecular flexibility index (Phi) is 2.27. The van der Waals surface area contributed by atoms with Gasteiger partial charge in [0.1, 0.15) is 5.78 Å². The normalized spacial score (nSPS) is 18.3. The van der Waals surface area contributed by atoms with Gasteiger partial charge in [-0.1, -0.05) is 0 Å². The van der Waals surface area contributed by atoms with Crippen LogP contribution in [0.25, 0.3) is 0 Å². The van der Waals surface area contributed by atoms with E-state index in [-0.39, 0.29) is 18.1 Å².